The number of hydrogen-bond donors (Lipinski definition) is 2. The fourth-order valence-electron chi connectivity index (χ4n) is 4.57. The van der Waals surface area contributed by atoms with E-state index in [1.165, 1.54) is 12.5 Å². The Balaban J connectivity index is 1.82. The van der Waals surface area contributed by atoms with Gasteiger partial charge in [-0.05, 0) is 74.7 Å². The molecule has 7 heteroatoms. The molecule has 0 bridgehead atoms. The summed E-state index contributed by atoms with van der Waals surface area (Å²) >= 11 is 0. The summed E-state index contributed by atoms with van der Waals surface area (Å²) in [5.74, 6) is 1.25. The second-order valence-corrected chi connectivity index (χ2v) is 8.43. The largest absolute Gasteiger partial charge is 0.508 e. The van der Waals surface area contributed by atoms with Crippen LogP contribution in [0.15, 0.2) is 65.5 Å². The molecule has 0 saturated carbocycles. The standard InChI is InChI=1S/C27H27N3O4/c1-2-34-20-13-14-21(23(17-20)29-15-4-3-5-16-29)26-28-25-22(7-6-8-24(25)32)27(33)30(26)18-9-11-19(31)12-10-18/h6-14,17,31-32H,2-5,15-16H2,1H3. The monoisotopic (exact) mass is 457 g/mol. The lowest BCUT2D eigenvalue weighted by Gasteiger charge is -2.31. The van der Waals surface area contributed by atoms with Crippen LogP contribution in [-0.4, -0.2) is 39.5 Å². The summed E-state index contributed by atoms with van der Waals surface area (Å²) < 4.78 is 7.33. The van der Waals surface area contributed by atoms with Gasteiger partial charge < -0.3 is 19.8 Å². The summed E-state index contributed by atoms with van der Waals surface area (Å²) in [5.41, 5.74) is 2.27. The number of aromatic hydroxyl groups is 2. The molecule has 1 aliphatic rings. The van der Waals surface area contributed by atoms with Gasteiger partial charge in [-0.25, -0.2) is 4.98 Å². The van der Waals surface area contributed by atoms with Gasteiger partial charge in [0.15, 0.2) is 0 Å². The molecule has 34 heavy (non-hydrogen) atoms. The molecular formula is C27H27N3O4. The Labute approximate surface area is 197 Å². The van der Waals surface area contributed by atoms with E-state index >= 15 is 0 Å². The van der Waals surface area contributed by atoms with Crippen molar-refractivity contribution in [3.63, 3.8) is 0 Å². The zero-order valence-corrected chi connectivity index (χ0v) is 19.1. The van der Waals surface area contributed by atoms with Crippen molar-refractivity contribution in [1.29, 1.82) is 0 Å². The van der Waals surface area contributed by atoms with E-state index in [4.69, 9.17) is 9.72 Å². The SMILES string of the molecule is CCOc1ccc(-c2nc3c(O)cccc3c(=O)n2-c2ccc(O)cc2)c(N2CCCCC2)c1. The molecule has 0 spiro atoms. The predicted molar refractivity (Wildman–Crippen MR) is 133 cm³/mol. The van der Waals surface area contributed by atoms with Crippen LogP contribution in [0, 0.1) is 0 Å². The number of fused-ring (bicyclic) bond motifs is 1. The number of anilines is 1. The van der Waals surface area contributed by atoms with Crippen molar-refractivity contribution in [2.45, 2.75) is 26.2 Å². The Morgan fingerprint density at radius 2 is 1.74 bits per heavy atom. The van der Waals surface area contributed by atoms with Gasteiger partial charge in [0.25, 0.3) is 5.56 Å². The van der Waals surface area contributed by atoms with Gasteiger partial charge in [-0.1, -0.05) is 6.07 Å². The maximum absolute atomic E-state index is 13.7. The Hall–Kier alpha value is -4.00. The molecule has 2 N–H and O–H groups in total. The van der Waals surface area contributed by atoms with Crippen LogP contribution in [-0.2, 0) is 0 Å². The van der Waals surface area contributed by atoms with Gasteiger partial charge >= 0.3 is 0 Å². The number of phenols is 2. The lowest BCUT2D eigenvalue weighted by atomic mass is 10.1. The van der Waals surface area contributed by atoms with E-state index < -0.39 is 0 Å². The van der Waals surface area contributed by atoms with Gasteiger partial charge in [0, 0.05) is 24.7 Å². The van der Waals surface area contributed by atoms with Crippen molar-refractivity contribution in [2.24, 2.45) is 0 Å². The highest BCUT2D eigenvalue weighted by Crippen LogP contribution is 2.36. The number of rotatable bonds is 5. The summed E-state index contributed by atoms with van der Waals surface area (Å²) in [6, 6.07) is 17.1. The lowest BCUT2D eigenvalue weighted by molar-refractivity contribution is 0.340. The normalized spacial score (nSPS) is 13.9. The van der Waals surface area contributed by atoms with E-state index in [0.29, 0.717) is 23.5 Å². The summed E-state index contributed by atoms with van der Waals surface area (Å²) in [7, 11) is 0. The maximum atomic E-state index is 13.7. The van der Waals surface area contributed by atoms with E-state index in [2.05, 4.69) is 4.90 Å². The predicted octanol–water partition coefficient (Wildman–Crippen LogP) is 4.85. The summed E-state index contributed by atoms with van der Waals surface area (Å²) in [4.78, 5) is 20.9. The third-order valence-electron chi connectivity index (χ3n) is 6.20. The van der Waals surface area contributed by atoms with Crippen LogP contribution in [0.3, 0.4) is 0 Å². The summed E-state index contributed by atoms with van der Waals surface area (Å²) in [6.45, 7) is 4.32. The highest BCUT2D eigenvalue weighted by atomic mass is 16.5. The number of ether oxygens (including phenoxy) is 1. The van der Waals surface area contributed by atoms with Crippen molar-refractivity contribution in [1.82, 2.24) is 9.55 Å². The molecular weight excluding hydrogens is 430 g/mol. The van der Waals surface area contributed by atoms with E-state index in [1.807, 2.05) is 25.1 Å². The van der Waals surface area contributed by atoms with Gasteiger partial charge in [-0.15, -0.1) is 0 Å². The van der Waals surface area contributed by atoms with Crippen LogP contribution < -0.4 is 15.2 Å². The number of piperidine rings is 1. The van der Waals surface area contributed by atoms with Crippen molar-refractivity contribution < 1.29 is 14.9 Å². The minimum Gasteiger partial charge on any atom is -0.508 e. The minimum atomic E-state index is -0.292. The molecule has 0 radical (unpaired) electrons. The number of para-hydroxylation sites is 1. The fourth-order valence-corrected chi connectivity index (χ4v) is 4.57. The first-order valence-electron chi connectivity index (χ1n) is 11.6. The van der Waals surface area contributed by atoms with Gasteiger partial charge in [0.1, 0.15) is 28.6 Å². The van der Waals surface area contributed by atoms with Crippen LogP contribution in [0.2, 0.25) is 0 Å². The number of benzene rings is 3. The maximum Gasteiger partial charge on any atom is 0.266 e. The van der Waals surface area contributed by atoms with Gasteiger partial charge in [-0.3, -0.25) is 9.36 Å². The molecule has 174 valence electrons. The highest BCUT2D eigenvalue weighted by Gasteiger charge is 2.22. The first kappa shape index (κ1) is 21.8. The third-order valence-corrected chi connectivity index (χ3v) is 6.20. The molecule has 1 saturated heterocycles. The van der Waals surface area contributed by atoms with Gasteiger partial charge in [0.05, 0.1) is 23.4 Å². The molecule has 3 aromatic carbocycles. The zero-order valence-electron chi connectivity index (χ0n) is 19.1. The molecule has 0 aliphatic carbocycles. The molecule has 0 amide bonds. The smallest absolute Gasteiger partial charge is 0.266 e. The highest BCUT2D eigenvalue weighted by molar-refractivity contribution is 5.87. The molecule has 4 aromatic rings. The Morgan fingerprint density at radius 1 is 0.971 bits per heavy atom. The van der Waals surface area contributed by atoms with Crippen LogP contribution in [0.5, 0.6) is 17.2 Å². The number of nitrogens with zero attached hydrogens (tertiary/aromatic N) is 3. The molecule has 1 aliphatic heterocycles. The molecule has 7 nitrogen and oxygen atoms in total. The van der Waals surface area contributed by atoms with Crippen LogP contribution in [0.25, 0.3) is 28.0 Å². The first-order chi connectivity index (χ1) is 16.6. The van der Waals surface area contributed by atoms with Crippen molar-refractivity contribution in [2.75, 3.05) is 24.6 Å². The second kappa shape index (κ2) is 9.09. The van der Waals surface area contributed by atoms with Crippen molar-refractivity contribution in [3.05, 3.63) is 71.0 Å². The Bertz CT molecular complexity index is 1390. The molecule has 5 rings (SSSR count). The molecule has 1 fully saturated rings. The Kier molecular flexibility index (Phi) is 5.84. The number of aromatic nitrogens is 2. The second-order valence-electron chi connectivity index (χ2n) is 8.43. The zero-order chi connectivity index (χ0) is 23.7. The van der Waals surface area contributed by atoms with Crippen LogP contribution in [0.4, 0.5) is 5.69 Å². The molecule has 2 heterocycles. The Morgan fingerprint density at radius 3 is 2.47 bits per heavy atom. The number of phenolic OH excluding ortho intramolecular Hbond substituents is 2. The summed E-state index contributed by atoms with van der Waals surface area (Å²) in [6.07, 6.45) is 3.38. The number of hydrogen-bond acceptors (Lipinski definition) is 6. The average molecular weight is 458 g/mol. The van der Waals surface area contributed by atoms with E-state index in [0.717, 1.165) is 42.9 Å². The van der Waals surface area contributed by atoms with Crippen molar-refractivity contribution >= 4 is 16.6 Å². The minimum absolute atomic E-state index is 0.0424. The third kappa shape index (κ3) is 3.94. The van der Waals surface area contributed by atoms with Gasteiger partial charge in [-0.2, -0.15) is 0 Å². The lowest BCUT2D eigenvalue weighted by Crippen LogP contribution is -2.30. The average Bonchev–Trinajstić information content (AvgIpc) is 2.86. The van der Waals surface area contributed by atoms with E-state index in [-0.39, 0.29) is 22.6 Å². The molecule has 0 unspecified atom stereocenters. The fraction of sp³-hybridized carbons (Fsp3) is 0.259. The van der Waals surface area contributed by atoms with Crippen LogP contribution >= 0.6 is 0 Å². The molecule has 1 aromatic heterocycles. The van der Waals surface area contributed by atoms with E-state index in [9.17, 15) is 15.0 Å². The topological polar surface area (TPSA) is 87.8 Å². The van der Waals surface area contributed by atoms with Crippen molar-refractivity contribution in [3.8, 4) is 34.3 Å². The van der Waals surface area contributed by atoms with Gasteiger partial charge in [0.2, 0.25) is 0 Å². The van der Waals surface area contributed by atoms with E-state index in [1.54, 1.807) is 41.0 Å². The first-order valence-corrected chi connectivity index (χ1v) is 11.6. The van der Waals surface area contributed by atoms with Crippen LogP contribution in [0.1, 0.15) is 26.2 Å². The quantitative estimate of drug-likeness (QED) is 0.445. The summed E-state index contributed by atoms with van der Waals surface area (Å²) in [5, 5.41) is 20.7. The molecule has 0 atom stereocenters.